The number of ether oxygens (including phenoxy) is 2. The van der Waals surface area contributed by atoms with Crippen LogP contribution in [0.1, 0.15) is 36.6 Å². The molecule has 124 valence electrons. The molecule has 1 N–H and O–H groups in total. The first kappa shape index (κ1) is 17.6. The highest BCUT2D eigenvalue weighted by molar-refractivity contribution is 5.85. The highest BCUT2D eigenvalue weighted by Gasteiger charge is 2.33. The van der Waals surface area contributed by atoms with E-state index in [1.165, 1.54) is 16.7 Å². The Morgan fingerprint density at radius 3 is 2.22 bits per heavy atom. The van der Waals surface area contributed by atoms with Gasteiger partial charge in [0.05, 0.1) is 20.3 Å². The SMILES string of the molecule is COc1cc2c(cc1OC)C(c1ccccc1)NC(C)(C)C2.Cl. The molecule has 0 radical (unpaired) electrons. The summed E-state index contributed by atoms with van der Waals surface area (Å²) in [6, 6.07) is 14.9. The predicted molar refractivity (Wildman–Crippen MR) is 96.0 cm³/mol. The van der Waals surface area contributed by atoms with Crippen LogP contribution in [0, 0.1) is 0 Å². The van der Waals surface area contributed by atoms with E-state index in [1.54, 1.807) is 14.2 Å². The van der Waals surface area contributed by atoms with Gasteiger partial charge in [-0.3, -0.25) is 0 Å². The molecule has 23 heavy (non-hydrogen) atoms. The Hall–Kier alpha value is -1.71. The lowest BCUT2D eigenvalue weighted by Crippen LogP contribution is -2.47. The first-order valence-corrected chi connectivity index (χ1v) is 7.61. The standard InChI is InChI=1S/C19H23NO2.ClH/c1-19(2)12-14-10-16(21-3)17(22-4)11-15(14)18(20-19)13-8-6-5-7-9-13;/h5-11,18,20H,12H2,1-4H3;1H. The average molecular weight is 334 g/mol. The number of nitrogens with one attached hydrogen (secondary N) is 1. The van der Waals surface area contributed by atoms with Crippen molar-refractivity contribution in [3.63, 3.8) is 0 Å². The Morgan fingerprint density at radius 1 is 1.00 bits per heavy atom. The van der Waals surface area contributed by atoms with E-state index in [-0.39, 0.29) is 24.0 Å². The van der Waals surface area contributed by atoms with Gasteiger partial charge in [-0.1, -0.05) is 30.3 Å². The summed E-state index contributed by atoms with van der Waals surface area (Å²) in [5.41, 5.74) is 3.88. The summed E-state index contributed by atoms with van der Waals surface area (Å²) in [5, 5.41) is 3.76. The second kappa shape index (κ2) is 6.81. The van der Waals surface area contributed by atoms with Gasteiger partial charge in [0, 0.05) is 5.54 Å². The summed E-state index contributed by atoms with van der Waals surface area (Å²) in [7, 11) is 3.37. The molecule has 0 amide bonds. The van der Waals surface area contributed by atoms with Crippen LogP contribution in [0.4, 0.5) is 0 Å². The predicted octanol–water partition coefficient (Wildman–Crippen LogP) is 4.14. The fraction of sp³-hybridized carbons (Fsp3) is 0.368. The van der Waals surface area contributed by atoms with Crippen LogP contribution in [0.3, 0.4) is 0 Å². The number of methoxy groups -OCH3 is 2. The van der Waals surface area contributed by atoms with Crippen LogP contribution in [-0.2, 0) is 6.42 Å². The zero-order chi connectivity index (χ0) is 15.7. The average Bonchev–Trinajstić information content (AvgIpc) is 2.53. The van der Waals surface area contributed by atoms with Crippen molar-refractivity contribution >= 4 is 12.4 Å². The number of hydrogen-bond donors (Lipinski definition) is 1. The summed E-state index contributed by atoms with van der Waals surface area (Å²) >= 11 is 0. The molecule has 0 aliphatic carbocycles. The molecule has 1 heterocycles. The van der Waals surface area contributed by atoms with Gasteiger partial charge in [-0.15, -0.1) is 12.4 Å². The highest BCUT2D eigenvalue weighted by Crippen LogP contribution is 2.40. The van der Waals surface area contributed by atoms with Crippen LogP contribution >= 0.6 is 12.4 Å². The van der Waals surface area contributed by atoms with Gasteiger partial charge in [-0.05, 0) is 49.1 Å². The molecule has 1 aliphatic heterocycles. The third-order valence-corrected chi connectivity index (χ3v) is 4.26. The third kappa shape index (κ3) is 3.46. The van der Waals surface area contributed by atoms with Gasteiger partial charge < -0.3 is 14.8 Å². The van der Waals surface area contributed by atoms with E-state index in [1.807, 2.05) is 6.07 Å². The molecule has 1 atom stereocenters. The van der Waals surface area contributed by atoms with E-state index in [2.05, 4.69) is 55.6 Å². The Labute approximate surface area is 144 Å². The van der Waals surface area contributed by atoms with Gasteiger partial charge in [-0.25, -0.2) is 0 Å². The molecule has 4 heteroatoms. The lowest BCUT2D eigenvalue weighted by molar-refractivity contribution is 0.324. The molecule has 0 saturated heterocycles. The molecule has 0 saturated carbocycles. The second-order valence-corrected chi connectivity index (χ2v) is 6.45. The largest absolute Gasteiger partial charge is 0.493 e. The van der Waals surface area contributed by atoms with E-state index in [9.17, 15) is 0 Å². The van der Waals surface area contributed by atoms with Crippen molar-refractivity contribution in [3.05, 3.63) is 59.2 Å². The van der Waals surface area contributed by atoms with Gasteiger partial charge in [0.2, 0.25) is 0 Å². The number of halogens is 1. The maximum atomic E-state index is 5.49. The zero-order valence-electron chi connectivity index (χ0n) is 14.1. The van der Waals surface area contributed by atoms with Crippen molar-refractivity contribution in [2.45, 2.75) is 31.8 Å². The first-order valence-electron chi connectivity index (χ1n) is 7.61. The lowest BCUT2D eigenvalue weighted by Gasteiger charge is -2.39. The second-order valence-electron chi connectivity index (χ2n) is 6.45. The van der Waals surface area contributed by atoms with Crippen molar-refractivity contribution in [3.8, 4) is 11.5 Å². The third-order valence-electron chi connectivity index (χ3n) is 4.26. The number of fused-ring (bicyclic) bond motifs is 1. The lowest BCUT2D eigenvalue weighted by atomic mass is 9.81. The van der Waals surface area contributed by atoms with Crippen LogP contribution in [0.15, 0.2) is 42.5 Å². The van der Waals surface area contributed by atoms with E-state index in [0.29, 0.717) is 0 Å². The summed E-state index contributed by atoms with van der Waals surface area (Å²) in [4.78, 5) is 0. The van der Waals surface area contributed by atoms with Crippen molar-refractivity contribution < 1.29 is 9.47 Å². The molecule has 0 bridgehead atoms. The number of hydrogen-bond acceptors (Lipinski definition) is 3. The Morgan fingerprint density at radius 2 is 1.61 bits per heavy atom. The van der Waals surface area contributed by atoms with Crippen molar-refractivity contribution in [1.82, 2.24) is 5.32 Å². The molecule has 3 rings (SSSR count). The molecule has 0 spiro atoms. The summed E-state index contributed by atoms with van der Waals surface area (Å²) in [5.74, 6) is 1.58. The normalized spacial score (nSPS) is 18.5. The van der Waals surface area contributed by atoms with Crippen LogP contribution in [0.25, 0.3) is 0 Å². The molecule has 1 unspecified atom stereocenters. The van der Waals surface area contributed by atoms with Crippen LogP contribution in [0.5, 0.6) is 11.5 Å². The van der Waals surface area contributed by atoms with E-state index in [0.717, 1.165) is 17.9 Å². The van der Waals surface area contributed by atoms with Gasteiger partial charge >= 0.3 is 0 Å². The van der Waals surface area contributed by atoms with Gasteiger partial charge in [0.1, 0.15) is 0 Å². The molecular weight excluding hydrogens is 310 g/mol. The van der Waals surface area contributed by atoms with Gasteiger partial charge in [0.15, 0.2) is 11.5 Å². The molecule has 3 nitrogen and oxygen atoms in total. The van der Waals surface area contributed by atoms with Crippen molar-refractivity contribution in [2.75, 3.05) is 14.2 Å². The Kier molecular flexibility index (Phi) is 5.23. The highest BCUT2D eigenvalue weighted by atomic mass is 35.5. The molecule has 2 aromatic carbocycles. The Balaban J connectivity index is 0.00000192. The molecule has 0 aromatic heterocycles. The monoisotopic (exact) mass is 333 g/mol. The number of benzene rings is 2. The zero-order valence-corrected chi connectivity index (χ0v) is 14.9. The maximum absolute atomic E-state index is 5.49. The minimum absolute atomic E-state index is 0. The first-order chi connectivity index (χ1) is 10.5. The molecular formula is C19H24ClNO2. The number of rotatable bonds is 3. The molecule has 0 fully saturated rings. The fourth-order valence-electron chi connectivity index (χ4n) is 3.26. The minimum Gasteiger partial charge on any atom is -0.493 e. The maximum Gasteiger partial charge on any atom is 0.161 e. The van der Waals surface area contributed by atoms with Crippen molar-refractivity contribution in [2.24, 2.45) is 0 Å². The van der Waals surface area contributed by atoms with Crippen LogP contribution in [0.2, 0.25) is 0 Å². The summed E-state index contributed by atoms with van der Waals surface area (Å²) in [6.45, 7) is 4.48. The van der Waals surface area contributed by atoms with Crippen LogP contribution in [-0.4, -0.2) is 19.8 Å². The van der Waals surface area contributed by atoms with Gasteiger partial charge in [-0.2, -0.15) is 0 Å². The van der Waals surface area contributed by atoms with E-state index >= 15 is 0 Å². The minimum atomic E-state index is 0. The Bertz CT molecular complexity index is 671. The smallest absolute Gasteiger partial charge is 0.161 e. The van der Waals surface area contributed by atoms with E-state index < -0.39 is 0 Å². The quantitative estimate of drug-likeness (QED) is 0.915. The van der Waals surface area contributed by atoms with Crippen molar-refractivity contribution in [1.29, 1.82) is 0 Å². The van der Waals surface area contributed by atoms with E-state index in [4.69, 9.17) is 9.47 Å². The molecule has 2 aromatic rings. The fourth-order valence-corrected chi connectivity index (χ4v) is 3.26. The van der Waals surface area contributed by atoms with Crippen LogP contribution < -0.4 is 14.8 Å². The summed E-state index contributed by atoms with van der Waals surface area (Å²) < 4.78 is 11.0. The topological polar surface area (TPSA) is 30.5 Å². The molecule has 1 aliphatic rings. The van der Waals surface area contributed by atoms with Gasteiger partial charge in [0.25, 0.3) is 0 Å². The summed E-state index contributed by atoms with van der Waals surface area (Å²) in [6.07, 6.45) is 0.964.